The number of nitrogens with one attached hydrogen (secondary N) is 2. The average Bonchev–Trinajstić information content (AvgIpc) is 3.19. The number of amides is 2. The van der Waals surface area contributed by atoms with E-state index in [1.807, 2.05) is 6.92 Å². The smallest absolute Gasteiger partial charge is 0.276 e. The zero-order valence-corrected chi connectivity index (χ0v) is 15.0. The Kier molecular flexibility index (Phi) is 5.45. The van der Waals surface area contributed by atoms with Gasteiger partial charge in [0.2, 0.25) is 0 Å². The highest BCUT2D eigenvalue weighted by Gasteiger charge is 2.12. The van der Waals surface area contributed by atoms with Crippen LogP contribution in [0.3, 0.4) is 0 Å². The predicted molar refractivity (Wildman–Crippen MR) is 103 cm³/mol. The van der Waals surface area contributed by atoms with E-state index in [2.05, 4.69) is 15.7 Å². The Bertz CT molecular complexity index is 1010. The molecule has 1 aromatic heterocycles. The van der Waals surface area contributed by atoms with E-state index >= 15 is 0 Å². The molecule has 3 rings (SSSR count). The highest BCUT2D eigenvalue weighted by atomic mass is 16.6. The second-order valence-corrected chi connectivity index (χ2v) is 5.81. The van der Waals surface area contributed by atoms with E-state index in [0.717, 1.165) is 0 Å². The molecule has 0 bridgehead atoms. The molecule has 0 saturated heterocycles. The van der Waals surface area contributed by atoms with Crippen LogP contribution in [0.1, 0.15) is 27.8 Å². The minimum Gasteiger partial charge on any atom is -0.352 e. The normalized spacial score (nSPS) is 10.3. The molecule has 9 heteroatoms. The van der Waals surface area contributed by atoms with Crippen molar-refractivity contribution < 1.29 is 14.5 Å². The lowest BCUT2D eigenvalue weighted by Gasteiger charge is -2.06. The third-order valence-corrected chi connectivity index (χ3v) is 3.89. The second kappa shape index (κ2) is 8.12. The lowest BCUT2D eigenvalue weighted by atomic mass is 10.2. The summed E-state index contributed by atoms with van der Waals surface area (Å²) in [5, 5.41) is 20.3. The summed E-state index contributed by atoms with van der Waals surface area (Å²) in [5.41, 5.74) is 1.79. The number of hydrogen-bond donors (Lipinski definition) is 2. The van der Waals surface area contributed by atoms with E-state index in [4.69, 9.17) is 0 Å². The van der Waals surface area contributed by atoms with Gasteiger partial charge in [0.25, 0.3) is 17.5 Å². The Hall–Kier alpha value is -4.01. The Morgan fingerprint density at radius 2 is 1.71 bits per heavy atom. The van der Waals surface area contributed by atoms with E-state index < -0.39 is 10.8 Å². The fraction of sp³-hybridized carbons (Fsp3) is 0.105. The van der Waals surface area contributed by atoms with Gasteiger partial charge in [-0.05, 0) is 49.4 Å². The van der Waals surface area contributed by atoms with Crippen molar-refractivity contribution in [3.8, 4) is 5.69 Å². The van der Waals surface area contributed by atoms with Crippen LogP contribution in [0.15, 0.2) is 60.8 Å². The first-order chi connectivity index (χ1) is 13.5. The number of carbonyl (C=O) groups excluding carboxylic acids is 2. The number of carbonyl (C=O) groups is 2. The minimum atomic E-state index is -0.483. The molecule has 0 atom stereocenters. The first-order valence-corrected chi connectivity index (χ1v) is 8.48. The third kappa shape index (κ3) is 4.21. The van der Waals surface area contributed by atoms with Crippen LogP contribution in [-0.4, -0.2) is 33.1 Å². The Balaban J connectivity index is 1.68. The van der Waals surface area contributed by atoms with Crippen molar-refractivity contribution in [2.45, 2.75) is 6.92 Å². The Morgan fingerprint density at radius 3 is 2.32 bits per heavy atom. The third-order valence-electron chi connectivity index (χ3n) is 3.89. The highest BCUT2D eigenvalue weighted by Crippen LogP contribution is 2.16. The van der Waals surface area contributed by atoms with Gasteiger partial charge in [-0.2, -0.15) is 5.10 Å². The standard InChI is InChI=1S/C19H17N5O4/c1-2-20-18(25)13-3-5-14(6-4-13)21-19(26)17-11-12-23(22-17)15-7-9-16(10-8-15)24(27)28/h3-12H,2H2,1H3,(H,20,25)(H,21,26). The minimum absolute atomic E-state index is 0.0232. The first-order valence-electron chi connectivity index (χ1n) is 8.48. The van der Waals surface area contributed by atoms with Crippen molar-refractivity contribution >= 4 is 23.2 Å². The summed E-state index contributed by atoms with van der Waals surface area (Å²) < 4.78 is 1.46. The van der Waals surface area contributed by atoms with E-state index in [1.165, 1.54) is 16.8 Å². The van der Waals surface area contributed by atoms with Crippen molar-refractivity contribution in [2.75, 3.05) is 11.9 Å². The monoisotopic (exact) mass is 379 g/mol. The van der Waals surface area contributed by atoms with Gasteiger partial charge in [-0.1, -0.05) is 0 Å². The fourth-order valence-electron chi connectivity index (χ4n) is 2.48. The Morgan fingerprint density at radius 1 is 1.04 bits per heavy atom. The number of benzene rings is 2. The van der Waals surface area contributed by atoms with Crippen molar-refractivity contribution in [1.82, 2.24) is 15.1 Å². The summed E-state index contributed by atoms with van der Waals surface area (Å²) in [6.45, 7) is 2.37. The molecule has 0 unspecified atom stereocenters. The van der Waals surface area contributed by atoms with Gasteiger partial charge in [0.15, 0.2) is 5.69 Å². The molecule has 0 radical (unpaired) electrons. The molecular formula is C19H17N5O4. The maximum Gasteiger partial charge on any atom is 0.276 e. The van der Waals surface area contributed by atoms with Crippen LogP contribution >= 0.6 is 0 Å². The number of hydrogen-bond acceptors (Lipinski definition) is 5. The van der Waals surface area contributed by atoms with E-state index in [9.17, 15) is 19.7 Å². The summed E-state index contributed by atoms with van der Waals surface area (Å²) in [4.78, 5) is 34.3. The average molecular weight is 379 g/mol. The molecule has 142 valence electrons. The van der Waals surface area contributed by atoms with Gasteiger partial charge < -0.3 is 10.6 Å². The van der Waals surface area contributed by atoms with Crippen molar-refractivity contribution in [3.05, 3.63) is 82.2 Å². The van der Waals surface area contributed by atoms with Gasteiger partial charge in [-0.25, -0.2) is 4.68 Å². The zero-order valence-electron chi connectivity index (χ0n) is 15.0. The van der Waals surface area contributed by atoms with Gasteiger partial charge in [-0.3, -0.25) is 19.7 Å². The van der Waals surface area contributed by atoms with Gasteiger partial charge in [0.1, 0.15) is 0 Å². The van der Waals surface area contributed by atoms with Crippen LogP contribution in [-0.2, 0) is 0 Å². The molecular weight excluding hydrogens is 362 g/mol. The molecule has 0 aliphatic heterocycles. The van der Waals surface area contributed by atoms with Crippen LogP contribution in [0.4, 0.5) is 11.4 Å². The second-order valence-electron chi connectivity index (χ2n) is 5.81. The molecule has 0 fully saturated rings. The molecule has 0 saturated carbocycles. The van der Waals surface area contributed by atoms with Crippen LogP contribution < -0.4 is 10.6 Å². The molecule has 0 spiro atoms. The number of anilines is 1. The number of non-ortho nitro benzene ring substituents is 1. The van der Waals surface area contributed by atoms with Crippen LogP contribution in [0, 0.1) is 10.1 Å². The van der Waals surface area contributed by atoms with Gasteiger partial charge in [-0.15, -0.1) is 0 Å². The quantitative estimate of drug-likeness (QED) is 0.504. The maximum absolute atomic E-state index is 12.4. The molecule has 28 heavy (non-hydrogen) atoms. The van der Waals surface area contributed by atoms with E-state index in [-0.39, 0.29) is 17.3 Å². The zero-order chi connectivity index (χ0) is 20.1. The summed E-state index contributed by atoms with van der Waals surface area (Å²) in [5.74, 6) is -0.589. The van der Waals surface area contributed by atoms with Crippen molar-refractivity contribution in [2.24, 2.45) is 0 Å². The van der Waals surface area contributed by atoms with Crippen LogP contribution in [0.2, 0.25) is 0 Å². The highest BCUT2D eigenvalue weighted by molar-refractivity contribution is 6.03. The molecule has 2 aromatic carbocycles. The molecule has 0 aliphatic carbocycles. The van der Waals surface area contributed by atoms with E-state index in [1.54, 1.807) is 48.7 Å². The fourth-order valence-corrected chi connectivity index (χ4v) is 2.48. The Labute approximate surface area is 160 Å². The molecule has 2 N–H and O–H groups in total. The molecule has 1 heterocycles. The van der Waals surface area contributed by atoms with Crippen molar-refractivity contribution in [3.63, 3.8) is 0 Å². The summed E-state index contributed by atoms with van der Waals surface area (Å²) in [6.07, 6.45) is 1.59. The molecule has 3 aromatic rings. The number of nitro benzene ring substituents is 1. The van der Waals surface area contributed by atoms with Gasteiger partial charge in [0, 0.05) is 36.1 Å². The summed E-state index contributed by atoms with van der Waals surface area (Å²) >= 11 is 0. The number of nitro groups is 1. The largest absolute Gasteiger partial charge is 0.352 e. The molecule has 2 amide bonds. The number of rotatable bonds is 6. The van der Waals surface area contributed by atoms with Gasteiger partial charge >= 0.3 is 0 Å². The lowest BCUT2D eigenvalue weighted by molar-refractivity contribution is -0.384. The summed E-state index contributed by atoms with van der Waals surface area (Å²) in [7, 11) is 0. The maximum atomic E-state index is 12.4. The van der Waals surface area contributed by atoms with Crippen molar-refractivity contribution in [1.29, 1.82) is 0 Å². The number of aromatic nitrogens is 2. The van der Waals surface area contributed by atoms with Gasteiger partial charge in [0.05, 0.1) is 10.6 Å². The number of nitrogens with zero attached hydrogens (tertiary/aromatic N) is 3. The summed E-state index contributed by atoms with van der Waals surface area (Å²) in [6, 6.07) is 13.9. The predicted octanol–water partition coefficient (Wildman–Crippen LogP) is 2.78. The van der Waals surface area contributed by atoms with Crippen LogP contribution in [0.5, 0.6) is 0 Å². The lowest BCUT2D eigenvalue weighted by Crippen LogP contribution is -2.22. The molecule has 0 aliphatic rings. The van der Waals surface area contributed by atoms with Crippen LogP contribution in [0.25, 0.3) is 5.69 Å². The molecule has 9 nitrogen and oxygen atoms in total. The SMILES string of the molecule is CCNC(=O)c1ccc(NC(=O)c2ccn(-c3ccc([N+](=O)[O-])cc3)n2)cc1. The van der Waals surface area contributed by atoms with E-state index in [0.29, 0.717) is 23.5 Å². The first kappa shape index (κ1) is 18.8. The topological polar surface area (TPSA) is 119 Å².